The van der Waals surface area contributed by atoms with Crippen molar-refractivity contribution in [2.24, 2.45) is 0 Å². The summed E-state index contributed by atoms with van der Waals surface area (Å²) in [6.07, 6.45) is 1.38. The molecular formula is C18H15N3O4S. The minimum absolute atomic E-state index is 0.0708. The number of benzene rings is 1. The fraction of sp³-hybridized carbons (Fsp3) is 0.167. The van der Waals surface area contributed by atoms with Gasteiger partial charge in [0.15, 0.2) is 11.5 Å². The van der Waals surface area contributed by atoms with Gasteiger partial charge < -0.3 is 14.8 Å². The van der Waals surface area contributed by atoms with Crippen LogP contribution < -0.4 is 20.3 Å². The third-order valence-electron chi connectivity index (χ3n) is 3.90. The topological polar surface area (TPSA) is 82.5 Å². The van der Waals surface area contributed by atoms with Gasteiger partial charge in [-0.3, -0.25) is 14.2 Å². The lowest BCUT2D eigenvalue weighted by atomic mass is 10.1. The Morgan fingerprint density at radius 1 is 1.23 bits per heavy atom. The Morgan fingerprint density at radius 2 is 2.12 bits per heavy atom. The van der Waals surface area contributed by atoms with Gasteiger partial charge in [0.05, 0.1) is 18.6 Å². The van der Waals surface area contributed by atoms with E-state index in [-0.39, 0.29) is 24.8 Å². The standard InChI is InChI=1S/C18H15N3O4S/c22-17(19-8-13-2-1-5-26-13)9-21-10-20-14(7-18(21)23)12-3-4-15-16(6-12)25-11-24-15/h1-7,10H,8-9,11H2,(H,19,22). The van der Waals surface area contributed by atoms with E-state index in [1.807, 2.05) is 23.6 Å². The Hall–Kier alpha value is -3.13. The summed E-state index contributed by atoms with van der Waals surface area (Å²) in [7, 11) is 0. The predicted octanol–water partition coefficient (Wildman–Crippen LogP) is 2.02. The first kappa shape index (κ1) is 16.3. The highest BCUT2D eigenvalue weighted by atomic mass is 32.1. The zero-order valence-corrected chi connectivity index (χ0v) is 14.5. The number of hydrogen-bond acceptors (Lipinski definition) is 6. The normalized spacial score (nSPS) is 12.2. The quantitative estimate of drug-likeness (QED) is 0.744. The number of fused-ring (bicyclic) bond motifs is 1. The monoisotopic (exact) mass is 369 g/mol. The Bertz CT molecular complexity index is 998. The summed E-state index contributed by atoms with van der Waals surface area (Å²) in [5.41, 5.74) is 0.975. The molecule has 8 heteroatoms. The van der Waals surface area contributed by atoms with Crippen molar-refractivity contribution in [3.63, 3.8) is 0 Å². The molecule has 3 heterocycles. The minimum Gasteiger partial charge on any atom is -0.454 e. The van der Waals surface area contributed by atoms with Crippen LogP contribution in [0.15, 0.2) is 52.9 Å². The van der Waals surface area contributed by atoms with Gasteiger partial charge in [-0.05, 0) is 29.6 Å². The molecule has 1 aliphatic heterocycles. The van der Waals surface area contributed by atoms with E-state index in [0.717, 1.165) is 10.4 Å². The number of nitrogens with zero attached hydrogens (tertiary/aromatic N) is 2. The van der Waals surface area contributed by atoms with Crippen molar-refractivity contribution in [3.05, 3.63) is 63.3 Å². The van der Waals surface area contributed by atoms with E-state index in [0.29, 0.717) is 23.7 Å². The van der Waals surface area contributed by atoms with Crippen LogP contribution in [0, 0.1) is 0 Å². The molecule has 1 aromatic carbocycles. The van der Waals surface area contributed by atoms with Crippen LogP contribution in [0.3, 0.4) is 0 Å². The van der Waals surface area contributed by atoms with Crippen molar-refractivity contribution in [3.8, 4) is 22.8 Å². The largest absolute Gasteiger partial charge is 0.454 e. The second kappa shape index (κ2) is 7.01. The number of carbonyl (C=O) groups excluding carboxylic acids is 1. The maximum atomic E-state index is 12.3. The molecule has 0 bridgehead atoms. The maximum absolute atomic E-state index is 12.3. The fourth-order valence-electron chi connectivity index (χ4n) is 2.57. The zero-order chi connectivity index (χ0) is 17.9. The second-order valence-electron chi connectivity index (χ2n) is 5.66. The molecule has 0 aliphatic carbocycles. The highest BCUT2D eigenvalue weighted by molar-refractivity contribution is 7.09. The molecule has 0 saturated carbocycles. The lowest BCUT2D eigenvalue weighted by Gasteiger charge is -2.08. The number of nitrogens with one attached hydrogen (secondary N) is 1. The van der Waals surface area contributed by atoms with Gasteiger partial charge >= 0.3 is 0 Å². The molecule has 1 N–H and O–H groups in total. The molecule has 0 spiro atoms. The van der Waals surface area contributed by atoms with E-state index in [4.69, 9.17) is 9.47 Å². The Morgan fingerprint density at radius 3 is 2.92 bits per heavy atom. The van der Waals surface area contributed by atoms with E-state index in [9.17, 15) is 9.59 Å². The van der Waals surface area contributed by atoms with Crippen LogP contribution in [0.25, 0.3) is 11.3 Å². The third kappa shape index (κ3) is 3.45. The summed E-state index contributed by atoms with van der Waals surface area (Å²) in [6, 6.07) is 10.6. The number of thiophene rings is 1. The zero-order valence-electron chi connectivity index (χ0n) is 13.7. The summed E-state index contributed by atoms with van der Waals surface area (Å²) < 4.78 is 11.9. The van der Waals surface area contributed by atoms with Gasteiger partial charge in [-0.25, -0.2) is 4.98 Å². The van der Waals surface area contributed by atoms with Crippen LogP contribution in [0.4, 0.5) is 0 Å². The second-order valence-corrected chi connectivity index (χ2v) is 6.70. The first-order valence-corrected chi connectivity index (χ1v) is 8.82. The Balaban J connectivity index is 1.46. The van der Waals surface area contributed by atoms with Crippen LogP contribution in [-0.2, 0) is 17.9 Å². The van der Waals surface area contributed by atoms with E-state index >= 15 is 0 Å². The highest BCUT2D eigenvalue weighted by Crippen LogP contribution is 2.35. The van der Waals surface area contributed by atoms with Gasteiger partial charge in [0.2, 0.25) is 12.7 Å². The molecule has 1 aliphatic rings. The lowest BCUT2D eigenvalue weighted by molar-refractivity contribution is -0.121. The predicted molar refractivity (Wildman–Crippen MR) is 96.2 cm³/mol. The van der Waals surface area contributed by atoms with Crippen molar-refractivity contribution in [2.75, 3.05) is 6.79 Å². The molecule has 132 valence electrons. The van der Waals surface area contributed by atoms with Crippen molar-refractivity contribution in [2.45, 2.75) is 13.1 Å². The highest BCUT2D eigenvalue weighted by Gasteiger charge is 2.15. The smallest absolute Gasteiger partial charge is 0.254 e. The lowest BCUT2D eigenvalue weighted by Crippen LogP contribution is -2.31. The van der Waals surface area contributed by atoms with Crippen molar-refractivity contribution >= 4 is 17.2 Å². The number of hydrogen-bond donors (Lipinski definition) is 1. The summed E-state index contributed by atoms with van der Waals surface area (Å²) >= 11 is 1.57. The molecule has 0 saturated heterocycles. The Labute approximate surface area is 152 Å². The third-order valence-corrected chi connectivity index (χ3v) is 4.78. The fourth-order valence-corrected chi connectivity index (χ4v) is 3.21. The first-order valence-electron chi connectivity index (χ1n) is 7.94. The Kier molecular flexibility index (Phi) is 4.40. The van der Waals surface area contributed by atoms with Crippen LogP contribution in [0.5, 0.6) is 11.5 Å². The average molecular weight is 369 g/mol. The van der Waals surface area contributed by atoms with Gasteiger partial charge in [-0.1, -0.05) is 6.07 Å². The summed E-state index contributed by atoms with van der Waals surface area (Å²) in [4.78, 5) is 29.7. The molecule has 3 aromatic rings. The molecular weight excluding hydrogens is 354 g/mol. The van der Waals surface area contributed by atoms with Gasteiger partial charge in [-0.15, -0.1) is 11.3 Å². The number of aromatic nitrogens is 2. The van der Waals surface area contributed by atoms with Crippen molar-refractivity contribution in [1.29, 1.82) is 0 Å². The number of ether oxygens (including phenoxy) is 2. The summed E-state index contributed by atoms with van der Waals surface area (Å²) in [5.74, 6) is 1.06. The van der Waals surface area contributed by atoms with Gasteiger partial charge in [0, 0.05) is 16.5 Å². The minimum atomic E-state index is -0.293. The molecule has 0 atom stereocenters. The molecule has 2 aromatic heterocycles. The van der Waals surface area contributed by atoms with E-state index in [2.05, 4.69) is 10.3 Å². The number of carbonyl (C=O) groups is 1. The summed E-state index contributed by atoms with van der Waals surface area (Å²) in [6.45, 7) is 0.570. The molecule has 4 rings (SSSR count). The molecule has 0 fully saturated rings. The molecule has 0 unspecified atom stereocenters. The van der Waals surface area contributed by atoms with Gasteiger partial charge in [0.1, 0.15) is 6.54 Å². The first-order chi connectivity index (χ1) is 12.7. The van der Waals surface area contributed by atoms with Crippen LogP contribution in [0.2, 0.25) is 0 Å². The van der Waals surface area contributed by atoms with E-state index in [1.165, 1.54) is 17.0 Å². The van der Waals surface area contributed by atoms with Crippen LogP contribution >= 0.6 is 11.3 Å². The molecule has 1 amide bonds. The van der Waals surface area contributed by atoms with Gasteiger partial charge in [-0.2, -0.15) is 0 Å². The van der Waals surface area contributed by atoms with Crippen LogP contribution in [0.1, 0.15) is 4.88 Å². The van der Waals surface area contributed by atoms with E-state index in [1.54, 1.807) is 23.5 Å². The van der Waals surface area contributed by atoms with Crippen LogP contribution in [-0.4, -0.2) is 22.3 Å². The average Bonchev–Trinajstić information content (AvgIpc) is 3.32. The SMILES string of the molecule is O=C(Cn1cnc(-c2ccc3c(c2)OCO3)cc1=O)NCc1cccs1. The number of amides is 1. The maximum Gasteiger partial charge on any atom is 0.254 e. The van der Waals surface area contributed by atoms with E-state index < -0.39 is 0 Å². The van der Waals surface area contributed by atoms with Crippen molar-refractivity contribution in [1.82, 2.24) is 14.9 Å². The molecule has 7 nitrogen and oxygen atoms in total. The van der Waals surface area contributed by atoms with Gasteiger partial charge in [0.25, 0.3) is 5.56 Å². The molecule has 26 heavy (non-hydrogen) atoms. The van der Waals surface area contributed by atoms with Crippen molar-refractivity contribution < 1.29 is 14.3 Å². The summed E-state index contributed by atoms with van der Waals surface area (Å²) in [5, 5.41) is 4.74. The number of rotatable bonds is 5. The molecule has 0 radical (unpaired) electrons.